The summed E-state index contributed by atoms with van der Waals surface area (Å²) in [6, 6.07) is 11.9. The highest BCUT2D eigenvalue weighted by molar-refractivity contribution is 7.10. The van der Waals surface area contributed by atoms with Gasteiger partial charge in [0.15, 0.2) is 0 Å². The van der Waals surface area contributed by atoms with Gasteiger partial charge in [0.05, 0.1) is 0 Å². The van der Waals surface area contributed by atoms with Gasteiger partial charge in [-0.15, -0.1) is 11.3 Å². The van der Waals surface area contributed by atoms with Crippen LogP contribution in [0.5, 0.6) is 0 Å². The number of nitrogens with one attached hydrogen (secondary N) is 1. The van der Waals surface area contributed by atoms with Crippen LogP contribution in [0.15, 0.2) is 41.8 Å². The molecule has 0 aliphatic carbocycles. The first-order chi connectivity index (χ1) is 8.66. The molecule has 0 bridgehead atoms. The number of primary amides is 1. The maximum Gasteiger partial charge on any atom is 0.248 e. The van der Waals surface area contributed by atoms with Gasteiger partial charge in [0.2, 0.25) is 5.91 Å². The fourth-order valence-corrected chi connectivity index (χ4v) is 2.50. The molecule has 2 rings (SSSR count). The molecule has 3 nitrogen and oxygen atoms in total. The lowest BCUT2D eigenvalue weighted by Gasteiger charge is -2.12. The van der Waals surface area contributed by atoms with E-state index in [1.54, 1.807) is 17.4 Å². The van der Waals surface area contributed by atoms with Crippen LogP contribution in [0.2, 0.25) is 0 Å². The van der Waals surface area contributed by atoms with Gasteiger partial charge in [-0.05, 0) is 36.1 Å². The minimum Gasteiger partial charge on any atom is -0.366 e. The molecule has 94 valence electrons. The molecule has 0 saturated carbocycles. The summed E-state index contributed by atoms with van der Waals surface area (Å²) >= 11 is 1.74. The molecule has 3 N–H and O–H groups in total. The zero-order valence-electron chi connectivity index (χ0n) is 10.2. The molecule has 2 aromatic rings. The van der Waals surface area contributed by atoms with Crippen LogP contribution in [-0.4, -0.2) is 5.91 Å². The Labute approximate surface area is 111 Å². The number of nitrogens with two attached hydrogens (primary N) is 1. The van der Waals surface area contributed by atoms with E-state index in [0.717, 1.165) is 12.1 Å². The van der Waals surface area contributed by atoms with E-state index < -0.39 is 0 Å². The van der Waals surface area contributed by atoms with E-state index >= 15 is 0 Å². The lowest BCUT2D eigenvalue weighted by molar-refractivity contribution is 0.1000. The number of thiophene rings is 1. The Bertz CT molecular complexity index is 522. The standard InChI is InChI=1S/C14H16N2OS/c1-10(13-6-3-7-18-13)16-9-11-4-2-5-12(8-11)14(15)17/h2-8,10,16H,9H2,1H3,(H2,15,17)/t10-/m1/s1. The molecule has 4 heteroatoms. The third-order valence-electron chi connectivity index (χ3n) is 2.79. The second-order valence-corrected chi connectivity index (χ2v) is 5.16. The van der Waals surface area contributed by atoms with Gasteiger partial charge in [0.1, 0.15) is 0 Å². The number of hydrogen-bond donors (Lipinski definition) is 2. The Balaban J connectivity index is 1.98. The van der Waals surface area contributed by atoms with Crippen molar-refractivity contribution < 1.29 is 4.79 Å². The molecule has 1 heterocycles. The Morgan fingerprint density at radius 2 is 2.22 bits per heavy atom. The first-order valence-electron chi connectivity index (χ1n) is 5.82. The molecule has 0 spiro atoms. The number of carbonyl (C=O) groups excluding carboxylic acids is 1. The zero-order chi connectivity index (χ0) is 13.0. The Morgan fingerprint density at radius 3 is 2.89 bits per heavy atom. The average molecular weight is 260 g/mol. The lowest BCUT2D eigenvalue weighted by atomic mass is 10.1. The van der Waals surface area contributed by atoms with E-state index in [1.807, 2.05) is 24.3 Å². The van der Waals surface area contributed by atoms with E-state index in [4.69, 9.17) is 5.73 Å². The highest BCUT2D eigenvalue weighted by Crippen LogP contribution is 2.18. The molecule has 1 aromatic carbocycles. The van der Waals surface area contributed by atoms with Gasteiger partial charge < -0.3 is 11.1 Å². The van der Waals surface area contributed by atoms with Crippen molar-refractivity contribution in [3.63, 3.8) is 0 Å². The fraction of sp³-hybridized carbons (Fsp3) is 0.214. The van der Waals surface area contributed by atoms with Crippen molar-refractivity contribution in [3.05, 3.63) is 57.8 Å². The van der Waals surface area contributed by atoms with Crippen LogP contribution < -0.4 is 11.1 Å². The van der Waals surface area contributed by atoms with Gasteiger partial charge in [-0.25, -0.2) is 0 Å². The predicted octanol–water partition coefficient (Wildman–Crippen LogP) is 2.70. The van der Waals surface area contributed by atoms with Gasteiger partial charge in [-0.3, -0.25) is 4.79 Å². The molecule has 0 fully saturated rings. The summed E-state index contributed by atoms with van der Waals surface area (Å²) in [7, 11) is 0. The van der Waals surface area contributed by atoms with E-state index in [-0.39, 0.29) is 5.91 Å². The number of benzene rings is 1. The molecule has 18 heavy (non-hydrogen) atoms. The number of rotatable bonds is 5. The summed E-state index contributed by atoms with van der Waals surface area (Å²) in [5.74, 6) is -0.386. The summed E-state index contributed by atoms with van der Waals surface area (Å²) < 4.78 is 0. The molecule has 0 radical (unpaired) electrons. The van der Waals surface area contributed by atoms with E-state index in [9.17, 15) is 4.79 Å². The SMILES string of the molecule is C[C@@H](NCc1cccc(C(N)=O)c1)c1cccs1. The highest BCUT2D eigenvalue weighted by Gasteiger charge is 2.06. The quantitative estimate of drug-likeness (QED) is 0.868. The Kier molecular flexibility index (Phi) is 4.12. The Hall–Kier alpha value is -1.65. The first kappa shape index (κ1) is 12.8. The molecule has 0 unspecified atom stereocenters. The van der Waals surface area contributed by atoms with Crippen LogP contribution in [0.1, 0.15) is 33.8 Å². The van der Waals surface area contributed by atoms with Crippen molar-refractivity contribution in [1.29, 1.82) is 0 Å². The lowest BCUT2D eigenvalue weighted by Crippen LogP contribution is -2.18. The zero-order valence-corrected chi connectivity index (χ0v) is 11.0. The van der Waals surface area contributed by atoms with Crippen LogP contribution >= 0.6 is 11.3 Å². The normalized spacial score (nSPS) is 12.3. The molecule has 0 aliphatic heterocycles. The van der Waals surface area contributed by atoms with Crippen molar-refractivity contribution >= 4 is 17.2 Å². The highest BCUT2D eigenvalue weighted by atomic mass is 32.1. The second kappa shape index (κ2) is 5.80. The van der Waals surface area contributed by atoms with Gasteiger partial charge in [0, 0.05) is 23.0 Å². The van der Waals surface area contributed by atoms with Gasteiger partial charge in [-0.2, -0.15) is 0 Å². The third kappa shape index (κ3) is 3.18. The molecular weight excluding hydrogens is 244 g/mol. The van der Waals surface area contributed by atoms with Gasteiger partial charge in [0.25, 0.3) is 0 Å². The first-order valence-corrected chi connectivity index (χ1v) is 6.70. The second-order valence-electron chi connectivity index (χ2n) is 4.18. The van der Waals surface area contributed by atoms with Crippen LogP contribution in [0.4, 0.5) is 0 Å². The minimum absolute atomic E-state index is 0.308. The van der Waals surface area contributed by atoms with Crippen molar-refractivity contribution in [1.82, 2.24) is 5.32 Å². The number of carbonyl (C=O) groups is 1. The average Bonchev–Trinajstić information content (AvgIpc) is 2.90. The molecule has 0 aliphatic rings. The minimum atomic E-state index is -0.386. The van der Waals surface area contributed by atoms with Crippen molar-refractivity contribution in [2.24, 2.45) is 5.73 Å². The van der Waals surface area contributed by atoms with E-state index in [1.165, 1.54) is 4.88 Å². The predicted molar refractivity (Wildman–Crippen MR) is 74.5 cm³/mol. The largest absolute Gasteiger partial charge is 0.366 e. The molecule has 1 amide bonds. The van der Waals surface area contributed by atoms with Crippen LogP contribution in [-0.2, 0) is 6.54 Å². The maximum absolute atomic E-state index is 11.1. The van der Waals surface area contributed by atoms with Crippen LogP contribution in [0.3, 0.4) is 0 Å². The maximum atomic E-state index is 11.1. The van der Waals surface area contributed by atoms with E-state index in [0.29, 0.717) is 11.6 Å². The van der Waals surface area contributed by atoms with E-state index in [2.05, 4.69) is 23.7 Å². The molecular formula is C14H16N2OS. The monoisotopic (exact) mass is 260 g/mol. The number of hydrogen-bond acceptors (Lipinski definition) is 3. The van der Waals surface area contributed by atoms with Crippen molar-refractivity contribution in [2.75, 3.05) is 0 Å². The smallest absolute Gasteiger partial charge is 0.248 e. The fourth-order valence-electron chi connectivity index (χ4n) is 1.74. The summed E-state index contributed by atoms with van der Waals surface area (Å²) in [6.07, 6.45) is 0. The summed E-state index contributed by atoms with van der Waals surface area (Å²) in [5.41, 5.74) is 6.88. The van der Waals surface area contributed by atoms with Crippen molar-refractivity contribution in [3.8, 4) is 0 Å². The Morgan fingerprint density at radius 1 is 1.39 bits per heavy atom. The van der Waals surface area contributed by atoms with Crippen LogP contribution in [0, 0.1) is 0 Å². The third-order valence-corrected chi connectivity index (χ3v) is 3.85. The van der Waals surface area contributed by atoms with Crippen LogP contribution in [0.25, 0.3) is 0 Å². The molecule has 1 aromatic heterocycles. The van der Waals surface area contributed by atoms with Crippen molar-refractivity contribution in [2.45, 2.75) is 19.5 Å². The summed E-state index contributed by atoms with van der Waals surface area (Å²) in [6.45, 7) is 2.85. The van der Waals surface area contributed by atoms with Gasteiger partial charge in [-0.1, -0.05) is 18.2 Å². The molecule has 0 saturated heterocycles. The van der Waals surface area contributed by atoms with Gasteiger partial charge >= 0.3 is 0 Å². The molecule has 1 atom stereocenters. The number of amides is 1. The topological polar surface area (TPSA) is 55.1 Å². The summed E-state index contributed by atoms with van der Waals surface area (Å²) in [5, 5.41) is 5.50. The summed E-state index contributed by atoms with van der Waals surface area (Å²) in [4.78, 5) is 12.4.